The van der Waals surface area contributed by atoms with E-state index in [4.69, 9.17) is 16.3 Å². The van der Waals surface area contributed by atoms with Crippen LogP contribution in [0.5, 0.6) is 0 Å². The van der Waals surface area contributed by atoms with E-state index in [2.05, 4.69) is 0 Å². The molecule has 0 bridgehead atoms. The van der Waals surface area contributed by atoms with Gasteiger partial charge in [-0.2, -0.15) is 11.3 Å². The SMILES string of the molecule is C[C@@H](C(=O)N1CCOCC1)N1CCC(N(c2ccsc2)S(=O)(=O)c2ccc3cc(Cl)ccc3c2)C1=O. The lowest BCUT2D eigenvalue weighted by Gasteiger charge is -2.33. The van der Waals surface area contributed by atoms with Gasteiger partial charge < -0.3 is 14.5 Å². The number of ether oxygens (including phenoxy) is 1. The third-order valence-electron chi connectivity index (χ3n) is 6.73. The Morgan fingerprint density at radius 2 is 1.83 bits per heavy atom. The van der Waals surface area contributed by atoms with Crippen molar-refractivity contribution in [3.63, 3.8) is 0 Å². The quantitative estimate of drug-likeness (QED) is 0.470. The number of hydrogen-bond acceptors (Lipinski definition) is 6. The maximum atomic E-state index is 14.0. The van der Waals surface area contributed by atoms with Crippen LogP contribution in [-0.2, 0) is 24.3 Å². The number of carbonyl (C=O) groups is 2. The molecule has 190 valence electrons. The molecule has 36 heavy (non-hydrogen) atoms. The Hall–Kier alpha value is -2.66. The maximum absolute atomic E-state index is 14.0. The largest absolute Gasteiger partial charge is 0.378 e. The molecule has 2 fully saturated rings. The van der Waals surface area contributed by atoms with Crippen LogP contribution < -0.4 is 4.31 Å². The molecule has 2 aliphatic rings. The summed E-state index contributed by atoms with van der Waals surface area (Å²) in [6.45, 7) is 3.91. The smallest absolute Gasteiger partial charge is 0.265 e. The van der Waals surface area contributed by atoms with Crippen molar-refractivity contribution >= 4 is 61.2 Å². The Labute approximate surface area is 219 Å². The van der Waals surface area contributed by atoms with Crippen LogP contribution in [0.1, 0.15) is 13.3 Å². The van der Waals surface area contributed by atoms with Crippen molar-refractivity contribution in [3.05, 3.63) is 58.2 Å². The number of rotatable bonds is 6. The van der Waals surface area contributed by atoms with Crippen LogP contribution >= 0.6 is 22.9 Å². The highest BCUT2D eigenvalue weighted by atomic mass is 35.5. The van der Waals surface area contributed by atoms with Crippen LogP contribution in [0.3, 0.4) is 0 Å². The van der Waals surface area contributed by atoms with Gasteiger partial charge in [0.1, 0.15) is 12.1 Å². The number of halogens is 1. The minimum Gasteiger partial charge on any atom is -0.378 e. The van der Waals surface area contributed by atoms with Crippen molar-refractivity contribution in [2.24, 2.45) is 0 Å². The van der Waals surface area contributed by atoms with Gasteiger partial charge in [-0.25, -0.2) is 8.42 Å². The highest BCUT2D eigenvalue weighted by Crippen LogP contribution is 2.34. The molecule has 0 saturated carbocycles. The number of thiophene rings is 1. The lowest BCUT2D eigenvalue weighted by Crippen LogP contribution is -2.53. The van der Waals surface area contributed by atoms with Gasteiger partial charge in [0, 0.05) is 30.0 Å². The summed E-state index contributed by atoms with van der Waals surface area (Å²) in [4.78, 5) is 29.9. The predicted octanol–water partition coefficient (Wildman–Crippen LogP) is 3.60. The number of carbonyl (C=O) groups excluding carboxylic acids is 2. The molecule has 2 atom stereocenters. The first kappa shape index (κ1) is 25.0. The first-order valence-electron chi connectivity index (χ1n) is 11.7. The summed E-state index contributed by atoms with van der Waals surface area (Å²) in [5.41, 5.74) is 0.434. The molecule has 1 aromatic heterocycles. The second-order valence-electron chi connectivity index (χ2n) is 8.89. The molecule has 0 spiro atoms. The van der Waals surface area contributed by atoms with Gasteiger partial charge in [0.2, 0.25) is 11.8 Å². The van der Waals surface area contributed by atoms with Crippen LogP contribution in [0, 0.1) is 0 Å². The summed E-state index contributed by atoms with van der Waals surface area (Å²) in [5, 5.41) is 5.62. The first-order chi connectivity index (χ1) is 17.3. The molecule has 2 aliphatic heterocycles. The van der Waals surface area contributed by atoms with E-state index in [0.717, 1.165) is 10.8 Å². The molecule has 0 aliphatic carbocycles. The fourth-order valence-electron chi connectivity index (χ4n) is 4.81. The molecule has 3 heterocycles. The summed E-state index contributed by atoms with van der Waals surface area (Å²) in [7, 11) is -4.08. The second-order valence-corrected chi connectivity index (χ2v) is 11.9. The number of morpholine rings is 1. The molecule has 5 rings (SSSR count). The molecule has 1 unspecified atom stereocenters. The fraction of sp³-hybridized carbons (Fsp3) is 0.360. The van der Waals surface area contributed by atoms with Crippen LogP contribution in [-0.4, -0.2) is 75.0 Å². The average molecular weight is 548 g/mol. The van der Waals surface area contributed by atoms with Crippen LogP contribution in [0.2, 0.25) is 5.02 Å². The lowest BCUT2D eigenvalue weighted by molar-refractivity contribution is -0.145. The number of anilines is 1. The highest BCUT2D eigenvalue weighted by Gasteiger charge is 2.45. The third-order valence-corrected chi connectivity index (χ3v) is 9.47. The zero-order valence-corrected chi connectivity index (χ0v) is 22.1. The van der Waals surface area contributed by atoms with E-state index in [1.54, 1.807) is 59.0 Å². The summed E-state index contributed by atoms with van der Waals surface area (Å²) in [6.07, 6.45) is 0.290. The van der Waals surface area contributed by atoms with Gasteiger partial charge >= 0.3 is 0 Å². The number of benzene rings is 2. The Bertz CT molecular complexity index is 1390. The number of amides is 2. The van der Waals surface area contributed by atoms with Gasteiger partial charge in [0.25, 0.3) is 10.0 Å². The Balaban J connectivity index is 1.46. The topological polar surface area (TPSA) is 87.2 Å². The molecule has 0 radical (unpaired) electrons. The number of nitrogens with zero attached hydrogens (tertiary/aromatic N) is 3. The molecule has 2 amide bonds. The van der Waals surface area contributed by atoms with Crippen molar-refractivity contribution in [2.75, 3.05) is 37.2 Å². The molecule has 0 N–H and O–H groups in total. The predicted molar refractivity (Wildman–Crippen MR) is 140 cm³/mol. The minimum atomic E-state index is -4.08. The van der Waals surface area contributed by atoms with Gasteiger partial charge in [-0.1, -0.05) is 23.7 Å². The molecular formula is C25H26ClN3O5S2. The fourth-order valence-corrected chi connectivity index (χ4v) is 7.35. The molecule has 2 aromatic carbocycles. The van der Waals surface area contributed by atoms with E-state index in [-0.39, 0.29) is 23.1 Å². The van der Waals surface area contributed by atoms with E-state index in [9.17, 15) is 18.0 Å². The monoisotopic (exact) mass is 547 g/mol. The molecule has 11 heteroatoms. The van der Waals surface area contributed by atoms with E-state index in [1.165, 1.54) is 26.6 Å². The van der Waals surface area contributed by atoms with Gasteiger partial charge in [-0.3, -0.25) is 13.9 Å². The van der Waals surface area contributed by atoms with Gasteiger partial charge in [0.15, 0.2) is 0 Å². The van der Waals surface area contributed by atoms with Crippen LogP contribution in [0.15, 0.2) is 58.1 Å². The molecule has 2 saturated heterocycles. The molecular weight excluding hydrogens is 522 g/mol. The van der Waals surface area contributed by atoms with Gasteiger partial charge in [0.05, 0.1) is 23.8 Å². The average Bonchev–Trinajstić information content (AvgIpc) is 3.54. The number of fused-ring (bicyclic) bond motifs is 1. The minimum absolute atomic E-state index is 0.0900. The summed E-state index contributed by atoms with van der Waals surface area (Å²) in [6, 6.07) is 10.2. The Morgan fingerprint density at radius 3 is 2.56 bits per heavy atom. The lowest BCUT2D eigenvalue weighted by atomic mass is 10.1. The van der Waals surface area contributed by atoms with Crippen molar-refractivity contribution in [3.8, 4) is 0 Å². The van der Waals surface area contributed by atoms with Gasteiger partial charge in [-0.15, -0.1) is 0 Å². The second kappa shape index (κ2) is 10.0. The normalized spacial score (nSPS) is 19.6. The number of likely N-dealkylation sites (tertiary alicyclic amines) is 1. The summed E-state index contributed by atoms with van der Waals surface area (Å²) >= 11 is 7.43. The third kappa shape index (κ3) is 4.58. The molecule has 8 nitrogen and oxygen atoms in total. The van der Waals surface area contributed by atoms with E-state index in [1.807, 2.05) is 0 Å². The number of hydrogen-bond donors (Lipinski definition) is 0. The van der Waals surface area contributed by atoms with E-state index in [0.29, 0.717) is 43.6 Å². The highest BCUT2D eigenvalue weighted by molar-refractivity contribution is 7.93. The van der Waals surface area contributed by atoms with Crippen molar-refractivity contribution in [1.82, 2.24) is 9.80 Å². The molecule has 3 aromatic rings. The van der Waals surface area contributed by atoms with Gasteiger partial charge in [-0.05, 0) is 59.8 Å². The van der Waals surface area contributed by atoms with Crippen LogP contribution in [0.4, 0.5) is 5.69 Å². The summed E-state index contributed by atoms with van der Waals surface area (Å²) in [5.74, 6) is -0.517. The van der Waals surface area contributed by atoms with Crippen molar-refractivity contribution in [2.45, 2.75) is 30.3 Å². The Kier molecular flexibility index (Phi) is 6.95. The van der Waals surface area contributed by atoms with Crippen molar-refractivity contribution in [1.29, 1.82) is 0 Å². The zero-order chi connectivity index (χ0) is 25.4. The van der Waals surface area contributed by atoms with Crippen LogP contribution in [0.25, 0.3) is 10.8 Å². The first-order valence-corrected chi connectivity index (χ1v) is 14.5. The van der Waals surface area contributed by atoms with E-state index < -0.39 is 22.1 Å². The summed E-state index contributed by atoms with van der Waals surface area (Å²) < 4.78 is 34.5. The number of sulfonamides is 1. The maximum Gasteiger partial charge on any atom is 0.265 e. The Morgan fingerprint density at radius 1 is 1.11 bits per heavy atom. The zero-order valence-electron chi connectivity index (χ0n) is 19.7. The van der Waals surface area contributed by atoms with E-state index >= 15 is 0 Å². The van der Waals surface area contributed by atoms with Crippen molar-refractivity contribution < 1.29 is 22.7 Å². The standard InChI is InChI=1S/C25H26ClN3O5S2/c1-17(24(30)27-9-11-34-12-10-27)28-8-6-23(25(28)31)29(21-7-13-35-16-21)36(32,33)22-5-3-18-14-20(26)4-2-19(18)15-22/h2-5,7,13-17,23H,6,8-12H2,1H3/t17-,23?/m0/s1.